The van der Waals surface area contributed by atoms with Crippen molar-refractivity contribution >= 4 is 22.6 Å². The number of rotatable bonds is 1. The summed E-state index contributed by atoms with van der Waals surface area (Å²) in [5.41, 5.74) is 0.571. The lowest BCUT2D eigenvalue weighted by Crippen LogP contribution is -1.88. The Labute approximate surface area is 71.9 Å². The second-order valence-electron chi connectivity index (χ2n) is 1.79. The molecule has 1 aromatic rings. The molecule has 2 N–H and O–H groups in total. The summed E-state index contributed by atoms with van der Waals surface area (Å²) < 4.78 is 0.705. The van der Waals surface area contributed by atoms with Gasteiger partial charge in [0.1, 0.15) is 5.75 Å². The molecular weight excluding hydrogens is 245 g/mol. The van der Waals surface area contributed by atoms with E-state index in [9.17, 15) is 0 Å². The minimum atomic E-state index is -0.0870. The van der Waals surface area contributed by atoms with Crippen LogP contribution in [0.1, 0.15) is 5.69 Å². The molecule has 0 saturated heterocycles. The molecule has 4 heteroatoms. The number of nitrogens with zero attached hydrogens (tertiary/aromatic N) is 1. The maximum absolute atomic E-state index is 8.99. The highest BCUT2D eigenvalue weighted by molar-refractivity contribution is 14.1. The highest BCUT2D eigenvalue weighted by Gasteiger charge is 1.98. The van der Waals surface area contributed by atoms with Crippen LogP contribution in [0.3, 0.4) is 0 Å². The Morgan fingerprint density at radius 1 is 1.60 bits per heavy atom. The fraction of sp³-hybridized carbons (Fsp3) is 0.167. The highest BCUT2D eigenvalue weighted by atomic mass is 127. The average molecular weight is 251 g/mol. The molecule has 1 rings (SSSR count). The largest absolute Gasteiger partial charge is 0.505 e. The second-order valence-corrected chi connectivity index (χ2v) is 2.95. The van der Waals surface area contributed by atoms with E-state index in [1.54, 1.807) is 6.07 Å². The normalized spacial score (nSPS) is 9.80. The van der Waals surface area contributed by atoms with Gasteiger partial charge in [-0.3, -0.25) is 4.98 Å². The number of aromatic nitrogens is 1. The smallest absolute Gasteiger partial charge is 0.147 e. The van der Waals surface area contributed by atoms with Crippen molar-refractivity contribution in [3.63, 3.8) is 0 Å². The molecule has 0 aliphatic heterocycles. The van der Waals surface area contributed by atoms with Crippen molar-refractivity contribution in [2.24, 2.45) is 0 Å². The van der Waals surface area contributed by atoms with Crippen LogP contribution in [0.2, 0.25) is 0 Å². The third kappa shape index (κ3) is 1.57. The van der Waals surface area contributed by atoms with Gasteiger partial charge in [-0.1, -0.05) is 0 Å². The van der Waals surface area contributed by atoms with Crippen LogP contribution in [0, 0.1) is 3.57 Å². The predicted molar refractivity (Wildman–Crippen MR) is 44.5 cm³/mol. The lowest BCUT2D eigenvalue weighted by atomic mass is 10.3. The van der Waals surface area contributed by atoms with Gasteiger partial charge in [-0.2, -0.15) is 0 Å². The summed E-state index contributed by atoms with van der Waals surface area (Å²) in [5.74, 6) is 0.151. The lowest BCUT2D eigenvalue weighted by Gasteiger charge is -1.97. The number of aromatic hydroxyl groups is 1. The van der Waals surface area contributed by atoms with Crippen molar-refractivity contribution in [1.82, 2.24) is 4.98 Å². The van der Waals surface area contributed by atoms with Crippen LogP contribution in [-0.4, -0.2) is 15.2 Å². The Hall–Kier alpha value is -0.360. The van der Waals surface area contributed by atoms with Gasteiger partial charge in [0.2, 0.25) is 0 Å². The predicted octanol–water partition coefficient (Wildman–Crippen LogP) is 0.884. The summed E-state index contributed by atoms with van der Waals surface area (Å²) >= 11 is 1.97. The van der Waals surface area contributed by atoms with E-state index in [1.807, 2.05) is 22.6 Å². The zero-order chi connectivity index (χ0) is 7.56. The molecule has 0 amide bonds. The van der Waals surface area contributed by atoms with Crippen LogP contribution in [0.4, 0.5) is 0 Å². The molecular formula is C6H6INO2. The van der Waals surface area contributed by atoms with E-state index in [0.29, 0.717) is 9.26 Å². The molecule has 3 nitrogen and oxygen atoms in total. The van der Waals surface area contributed by atoms with Crippen LogP contribution >= 0.6 is 22.6 Å². The number of hydrogen-bond donors (Lipinski definition) is 2. The topological polar surface area (TPSA) is 53.4 Å². The minimum Gasteiger partial charge on any atom is -0.505 e. The third-order valence-electron chi connectivity index (χ3n) is 1.05. The first-order chi connectivity index (χ1) is 4.74. The molecule has 0 spiro atoms. The molecule has 0 aliphatic carbocycles. The Kier molecular flexibility index (Phi) is 2.44. The molecule has 0 radical (unpaired) electrons. The Morgan fingerprint density at radius 2 is 2.30 bits per heavy atom. The summed E-state index contributed by atoms with van der Waals surface area (Å²) in [6.45, 7) is -0.0870. The number of hydrogen-bond acceptors (Lipinski definition) is 3. The summed E-state index contributed by atoms with van der Waals surface area (Å²) in [5, 5.41) is 17.6. The van der Waals surface area contributed by atoms with Gasteiger partial charge in [0.15, 0.2) is 0 Å². The van der Waals surface area contributed by atoms with E-state index in [2.05, 4.69) is 4.98 Å². The maximum Gasteiger partial charge on any atom is 0.147 e. The van der Waals surface area contributed by atoms with E-state index < -0.39 is 0 Å². The van der Waals surface area contributed by atoms with Crippen LogP contribution in [-0.2, 0) is 6.61 Å². The van der Waals surface area contributed by atoms with E-state index in [-0.39, 0.29) is 12.4 Å². The van der Waals surface area contributed by atoms with Gasteiger partial charge in [0.25, 0.3) is 0 Å². The average Bonchev–Trinajstić information content (AvgIpc) is 1.95. The summed E-state index contributed by atoms with van der Waals surface area (Å²) in [4.78, 5) is 3.75. The van der Waals surface area contributed by atoms with Crippen LogP contribution in [0.15, 0.2) is 12.3 Å². The van der Waals surface area contributed by atoms with Crippen molar-refractivity contribution in [3.05, 3.63) is 21.5 Å². The highest BCUT2D eigenvalue weighted by Crippen LogP contribution is 2.17. The van der Waals surface area contributed by atoms with E-state index in [0.717, 1.165) is 0 Å². The standard InChI is InChI=1S/C6H6INO2/c7-5-1-4(3-9)8-2-6(5)10/h1-2,9-10H,3H2. The van der Waals surface area contributed by atoms with Crippen molar-refractivity contribution in [3.8, 4) is 5.75 Å². The summed E-state index contributed by atoms with van der Waals surface area (Å²) in [6, 6.07) is 1.63. The van der Waals surface area contributed by atoms with Crippen LogP contribution in [0.25, 0.3) is 0 Å². The Morgan fingerprint density at radius 3 is 2.80 bits per heavy atom. The van der Waals surface area contributed by atoms with E-state index in [1.165, 1.54) is 6.20 Å². The zero-order valence-electron chi connectivity index (χ0n) is 5.08. The maximum atomic E-state index is 8.99. The molecule has 0 bridgehead atoms. The van der Waals surface area contributed by atoms with Gasteiger partial charge in [-0.25, -0.2) is 0 Å². The van der Waals surface area contributed by atoms with Gasteiger partial charge in [0, 0.05) is 0 Å². The molecule has 0 aromatic carbocycles. The molecule has 1 heterocycles. The number of halogens is 1. The van der Waals surface area contributed by atoms with Crippen molar-refractivity contribution in [1.29, 1.82) is 0 Å². The first-order valence-corrected chi connectivity index (χ1v) is 3.76. The summed E-state index contributed by atoms with van der Waals surface area (Å²) in [6.07, 6.45) is 1.33. The Balaban J connectivity index is 3.04. The molecule has 0 atom stereocenters. The first-order valence-electron chi connectivity index (χ1n) is 2.68. The lowest BCUT2D eigenvalue weighted by molar-refractivity contribution is 0.276. The van der Waals surface area contributed by atoms with Crippen LogP contribution in [0.5, 0.6) is 5.75 Å². The molecule has 0 fully saturated rings. The monoisotopic (exact) mass is 251 g/mol. The van der Waals surface area contributed by atoms with E-state index >= 15 is 0 Å². The third-order valence-corrected chi connectivity index (χ3v) is 1.92. The van der Waals surface area contributed by atoms with Gasteiger partial charge >= 0.3 is 0 Å². The summed E-state index contributed by atoms with van der Waals surface area (Å²) in [7, 11) is 0. The van der Waals surface area contributed by atoms with Crippen molar-refractivity contribution in [2.45, 2.75) is 6.61 Å². The second kappa shape index (κ2) is 3.16. The van der Waals surface area contributed by atoms with Gasteiger partial charge < -0.3 is 10.2 Å². The molecule has 54 valence electrons. The van der Waals surface area contributed by atoms with Crippen LogP contribution < -0.4 is 0 Å². The van der Waals surface area contributed by atoms with Gasteiger partial charge in [-0.05, 0) is 28.7 Å². The molecule has 0 unspecified atom stereocenters. The fourth-order valence-corrected chi connectivity index (χ4v) is 1.05. The van der Waals surface area contributed by atoms with Gasteiger partial charge in [0.05, 0.1) is 22.1 Å². The SMILES string of the molecule is OCc1cc(I)c(O)cn1. The zero-order valence-corrected chi connectivity index (χ0v) is 7.24. The molecule has 1 aromatic heterocycles. The molecule has 10 heavy (non-hydrogen) atoms. The first kappa shape index (κ1) is 7.74. The Bertz CT molecular complexity index is 239. The quantitative estimate of drug-likeness (QED) is 0.728. The minimum absolute atomic E-state index is 0.0870. The number of pyridine rings is 1. The molecule has 0 saturated carbocycles. The van der Waals surface area contributed by atoms with Crippen molar-refractivity contribution in [2.75, 3.05) is 0 Å². The number of aliphatic hydroxyl groups excluding tert-OH is 1. The van der Waals surface area contributed by atoms with Crippen molar-refractivity contribution < 1.29 is 10.2 Å². The van der Waals surface area contributed by atoms with E-state index in [4.69, 9.17) is 10.2 Å². The van der Waals surface area contributed by atoms with Gasteiger partial charge in [-0.15, -0.1) is 0 Å². The molecule has 0 aliphatic rings. The number of aliphatic hydroxyl groups is 1. The fourth-order valence-electron chi connectivity index (χ4n) is 0.550.